The highest BCUT2D eigenvalue weighted by molar-refractivity contribution is 6.12. The topological polar surface area (TPSA) is 95.0 Å². The highest BCUT2D eigenvalue weighted by Gasteiger charge is 2.17. The Balaban J connectivity index is 2.00. The molecule has 1 aromatic heterocycles. The van der Waals surface area contributed by atoms with E-state index in [2.05, 4.69) is 37.0 Å². The fourth-order valence-electron chi connectivity index (χ4n) is 3.79. The van der Waals surface area contributed by atoms with Gasteiger partial charge in [-0.25, -0.2) is 9.97 Å². The molecule has 0 saturated carbocycles. The van der Waals surface area contributed by atoms with Gasteiger partial charge in [-0.15, -0.1) is 0 Å². The maximum Gasteiger partial charge on any atom is 0.247 e. The van der Waals surface area contributed by atoms with Crippen LogP contribution in [0.4, 0.5) is 23.0 Å². The number of aromatic nitrogens is 2. The normalized spacial score (nSPS) is 11.3. The summed E-state index contributed by atoms with van der Waals surface area (Å²) in [6.45, 7) is 7.22. The molecule has 0 fully saturated rings. The highest BCUT2D eigenvalue weighted by Crippen LogP contribution is 2.37. The Bertz CT molecular complexity index is 1290. The van der Waals surface area contributed by atoms with Crippen molar-refractivity contribution < 1.29 is 9.53 Å². The number of aliphatic imine (C=N–C) groups is 1. The second-order valence-electron chi connectivity index (χ2n) is 8.77. The number of hydrogen-bond donors (Lipinski definition) is 2. The van der Waals surface area contributed by atoms with Crippen molar-refractivity contribution in [2.24, 2.45) is 4.99 Å². The molecule has 2 aromatic carbocycles. The molecule has 0 saturated heterocycles. The monoisotopic (exact) mass is 501 g/mol. The van der Waals surface area contributed by atoms with Crippen LogP contribution in [-0.2, 0) is 4.79 Å². The van der Waals surface area contributed by atoms with Gasteiger partial charge in [-0.3, -0.25) is 9.79 Å². The van der Waals surface area contributed by atoms with Gasteiger partial charge in [0.05, 0.1) is 35.6 Å². The van der Waals surface area contributed by atoms with Gasteiger partial charge in [0.15, 0.2) is 0 Å². The van der Waals surface area contributed by atoms with Crippen LogP contribution in [0, 0.1) is 6.92 Å². The number of benzene rings is 2. The van der Waals surface area contributed by atoms with Crippen LogP contribution in [0.15, 0.2) is 66.3 Å². The summed E-state index contributed by atoms with van der Waals surface area (Å²) < 4.78 is 5.69. The standard InChI is InChI=1S/C28H35N7O2/c1-8-26(36)31-22-17-23(25(37-7)18-24(22)35(6)16-15-34(4)5)33-28-30-14-13-21(32-28)27(29-3)20-12-10-9-11-19(20)2/h8-14,17-18H,1,15-16H2,2-7H3,(H,31,36)(H,30,32,33). The number of hydrogen-bond acceptors (Lipinski definition) is 8. The quantitative estimate of drug-likeness (QED) is 0.301. The summed E-state index contributed by atoms with van der Waals surface area (Å²) in [6.07, 6.45) is 2.93. The van der Waals surface area contributed by atoms with Crippen molar-refractivity contribution in [3.8, 4) is 5.75 Å². The van der Waals surface area contributed by atoms with Crippen LogP contribution >= 0.6 is 0 Å². The first kappa shape index (κ1) is 27.3. The number of aryl methyl sites for hydroxylation is 1. The van der Waals surface area contributed by atoms with E-state index in [0.717, 1.165) is 35.6 Å². The zero-order valence-electron chi connectivity index (χ0n) is 22.4. The Morgan fingerprint density at radius 2 is 1.89 bits per heavy atom. The number of rotatable bonds is 11. The molecule has 0 radical (unpaired) electrons. The maximum absolute atomic E-state index is 12.2. The van der Waals surface area contributed by atoms with Gasteiger partial charge in [0.2, 0.25) is 11.9 Å². The van der Waals surface area contributed by atoms with Crippen LogP contribution in [-0.4, -0.2) is 74.9 Å². The molecule has 2 N–H and O–H groups in total. The van der Waals surface area contributed by atoms with Gasteiger partial charge in [-0.2, -0.15) is 0 Å². The van der Waals surface area contributed by atoms with E-state index >= 15 is 0 Å². The predicted octanol–water partition coefficient (Wildman–Crippen LogP) is 4.13. The van der Waals surface area contributed by atoms with E-state index in [-0.39, 0.29) is 5.91 Å². The molecule has 3 aromatic rings. The van der Waals surface area contributed by atoms with E-state index < -0.39 is 0 Å². The Morgan fingerprint density at radius 3 is 2.54 bits per heavy atom. The predicted molar refractivity (Wildman–Crippen MR) is 152 cm³/mol. The largest absolute Gasteiger partial charge is 0.494 e. The zero-order chi connectivity index (χ0) is 26.9. The molecule has 3 rings (SSSR count). The fourth-order valence-corrected chi connectivity index (χ4v) is 3.79. The number of nitrogens with zero attached hydrogens (tertiary/aromatic N) is 5. The van der Waals surface area contributed by atoms with E-state index in [1.54, 1.807) is 20.4 Å². The average molecular weight is 502 g/mol. The lowest BCUT2D eigenvalue weighted by molar-refractivity contribution is -0.111. The van der Waals surface area contributed by atoms with Crippen LogP contribution in [0.5, 0.6) is 5.75 Å². The molecule has 37 heavy (non-hydrogen) atoms. The van der Waals surface area contributed by atoms with Gasteiger partial charge in [-0.1, -0.05) is 30.8 Å². The lowest BCUT2D eigenvalue weighted by Gasteiger charge is -2.26. The SMILES string of the molecule is C=CC(=O)Nc1cc(Nc2nccc(C(=NC)c3ccccc3C)n2)c(OC)cc1N(C)CCN(C)C. The van der Waals surface area contributed by atoms with Gasteiger partial charge >= 0.3 is 0 Å². The third-order valence-corrected chi connectivity index (χ3v) is 5.82. The molecule has 9 heteroatoms. The average Bonchev–Trinajstić information content (AvgIpc) is 2.89. The number of amides is 1. The number of ether oxygens (including phenoxy) is 1. The van der Waals surface area contributed by atoms with Crippen molar-refractivity contribution in [1.82, 2.24) is 14.9 Å². The molecule has 0 spiro atoms. The summed E-state index contributed by atoms with van der Waals surface area (Å²) in [5, 5.41) is 6.16. The van der Waals surface area contributed by atoms with Crippen LogP contribution in [0.3, 0.4) is 0 Å². The summed E-state index contributed by atoms with van der Waals surface area (Å²) >= 11 is 0. The Hall–Kier alpha value is -4.24. The van der Waals surface area contributed by atoms with Crippen LogP contribution in [0.1, 0.15) is 16.8 Å². The van der Waals surface area contributed by atoms with Crippen molar-refractivity contribution in [1.29, 1.82) is 0 Å². The summed E-state index contributed by atoms with van der Waals surface area (Å²) in [6, 6.07) is 13.6. The minimum atomic E-state index is -0.307. The van der Waals surface area contributed by atoms with Gasteiger partial charge < -0.3 is 25.2 Å². The smallest absolute Gasteiger partial charge is 0.247 e. The van der Waals surface area contributed by atoms with Gasteiger partial charge in [0.25, 0.3) is 0 Å². The highest BCUT2D eigenvalue weighted by atomic mass is 16.5. The molecule has 0 atom stereocenters. The Kier molecular flexibility index (Phi) is 9.34. The minimum absolute atomic E-state index is 0.307. The van der Waals surface area contributed by atoms with E-state index in [1.807, 2.05) is 70.5 Å². The lowest BCUT2D eigenvalue weighted by atomic mass is 10.0. The first-order chi connectivity index (χ1) is 17.8. The Morgan fingerprint density at radius 1 is 1.14 bits per heavy atom. The maximum atomic E-state index is 12.2. The number of likely N-dealkylation sites (N-methyl/N-ethyl adjacent to an activating group) is 2. The molecule has 0 unspecified atom stereocenters. The zero-order valence-corrected chi connectivity index (χ0v) is 22.4. The molecular formula is C28H35N7O2. The van der Waals surface area contributed by atoms with Crippen molar-refractivity contribution in [3.63, 3.8) is 0 Å². The number of methoxy groups -OCH3 is 1. The number of carbonyl (C=O) groups excluding carboxylic acids is 1. The van der Waals surface area contributed by atoms with E-state index in [0.29, 0.717) is 28.8 Å². The van der Waals surface area contributed by atoms with Crippen LogP contribution in [0.2, 0.25) is 0 Å². The molecule has 9 nitrogen and oxygen atoms in total. The summed E-state index contributed by atoms with van der Waals surface area (Å²) in [4.78, 5) is 30.0. The number of carbonyl (C=O) groups is 1. The molecule has 0 aliphatic heterocycles. The van der Waals surface area contributed by atoms with Crippen LogP contribution in [0.25, 0.3) is 0 Å². The number of anilines is 4. The molecule has 0 aliphatic rings. The lowest BCUT2D eigenvalue weighted by Crippen LogP contribution is -2.29. The van der Waals surface area contributed by atoms with Crippen molar-refractivity contribution >= 4 is 34.6 Å². The second kappa shape index (κ2) is 12.6. The fraction of sp³-hybridized carbons (Fsp3) is 0.286. The van der Waals surface area contributed by atoms with E-state index in [1.165, 1.54) is 6.08 Å². The summed E-state index contributed by atoms with van der Waals surface area (Å²) in [5.74, 6) is 0.652. The van der Waals surface area contributed by atoms with E-state index in [4.69, 9.17) is 9.72 Å². The van der Waals surface area contributed by atoms with Gasteiger partial charge in [-0.05, 0) is 44.8 Å². The molecule has 1 heterocycles. The van der Waals surface area contributed by atoms with Crippen molar-refractivity contribution in [2.75, 3.05) is 63.9 Å². The molecule has 0 bridgehead atoms. The molecular weight excluding hydrogens is 466 g/mol. The molecule has 1 amide bonds. The third kappa shape index (κ3) is 6.92. The molecule has 0 aliphatic carbocycles. The van der Waals surface area contributed by atoms with Crippen molar-refractivity contribution in [2.45, 2.75) is 6.92 Å². The first-order valence-electron chi connectivity index (χ1n) is 11.9. The second-order valence-corrected chi connectivity index (χ2v) is 8.77. The van der Waals surface area contributed by atoms with Gasteiger partial charge in [0.1, 0.15) is 5.75 Å². The Labute approximate surface area is 218 Å². The first-order valence-corrected chi connectivity index (χ1v) is 11.9. The molecule has 194 valence electrons. The van der Waals surface area contributed by atoms with Gasteiger partial charge in [0, 0.05) is 45.0 Å². The minimum Gasteiger partial charge on any atom is -0.494 e. The summed E-state index contributed by atoms with van der Waals surface area (Å²) in [7, 11) is 9.36. The number of nitrogens with one attached hydrogen (secondary N) is 2. The van der Waals surface area contributed by atoms with E-state index in [9.17, 15) is 4.79 Å². The third-order valence-electron chi connectivity index (χ3n) is 5.82. The van der Waals surface area contributed by atoms with Crippen LogP contribution < -0.4 is 20.3 Å². The van der Waals surface area contributed by atoms with Crippen molar-refractivity contribution in [3.05, 3.63) is 78.1 Å². The summed E-state index contributed by atoms with van der Waals surface area (Å²) in [5.41, 5.74) is 5.60.